The molecule has 1 unspecified atom stereocenters. The molecule has 1 heterocycles. The van der Waals surface area contributed by atoms with Gasteiger partial charge in [-0.1, -0.05) is 23.2 Å². The molecule has 1 aromatic carbocycles. The van der Waals surface area contributed by atoms with E-state index in [0.717, 1.165) is 32.0 Å². The molecule has 1 aliphatic heterocycles. The number of halogens is 5. The summed E-state index contributed by atoms with van der Waals surface area (Å²) in [6.07, 6.45) is -3.59. The SMILES string of the molecule is NC(c1cc(Cl)c(Cl)cc1OC(=O)C(F)(F)F)C1CCNCC1. The van der Waals surface area contributed by atoms with Crippen molar-refractivity contribution in [3.8, 4) is 5.75 Å². The summed E-state index contributed by atoms with van der Waals surface area (Å²) >= 11 is 11.8. The van der Waals surface area contributed by atoms with E-state index in [1.807, 2.05) is 0 Å². The molecule has 1 atom stereocenters. The van der Waals surface area contributed by atoms with Crippen molar-refractivity contribution < 1.29 is 22.7 Å². The lowest BCUT2D eigenvalue weighted by molar-refractivity contribution is -0.189. The second-order valence-electron chi connectivity index (χ2n) is 5.30. The predicted octanol–water partition coefficient (Wildman–Crippen LogP) is 3.46. The van der Waals surface area contributed by atoms with Crippen molar-refractivity contribution in [3.05, 3.63) is 27.7 Å². The van der Waals surface area contributed by atoms with E-state index in [1.165, 1.54) is 6.07 Å². The van der Waals surface area contributed by atoms with Crippen LogP contribution in [0.5, 0.6) is 5.75 Å². The highest BCUT2D eigenvalue weighted by atomic mass is 35.5. The van der Waals surface area contributed by atoms with Crippen LogP contribution in [0.2, 0.25) is 10.0 Å². The van der Waals surface area contributed by atoms with Crippen LogP contribution in [0.4, 0.5) is 13.2 Å². The Morgan fingerprint density at radius 3 is 2.39 bits per heavy atom. The minimum absolute atomic E-state index is 0.0158. The molecule has 0 aliphatic carbocycles. The second kappa shape index (κ2) is 7.25. The zero-order valence-electron chi connectivity index (χ0n) is 11.9. The molecule has 1 aliphatic rings. The van der Waals surface area contributed by atoms with E-state index in [1.54, 1.807) is 0 Å². The van der Waals surface area contributed by atoms with Crippen LogP contribution in [-0.2, 0) is 4.79 Å². The van der Waals surface area contributed by atoms with Gasteiger partial charge in [-0.2, -0.15) is 13.2 Å². The minimum Gasteiger partial charge on any atom is -0.419 e. The van der Waals surface area contributed by atoms with Crippen molar-refractivity contribution in [2.75, 3.05) is 13.1 Å². The third kappa shape index (κ3) is 4.50. The van der Waals surface area contributed by atoms with Crippen molar-refractivity contribution in [2.24, 2.45) is 11.7 Å². The van der Waals surface area contributed by atoms with Gasteiger partial charge in [0.1, 0.15) is 5.75 Å². The minimum atomic E-state index is -5.11. The standard InChI is InChI=1S/C14H15Cl2F3N2O2/c15-9-5-8(12(20)7-1-3-21-4-2-7)11(6-10(9)16)23-13(22)14(17,18)19/h5-7,12,21H,1-4,20H2. The van der Waals surface area contributed by atoms with Crippen molar-refractivity contribution in [2.45, 2.75) is 25.1 Å². The molecule has 0 aromatic heterocycles. The molecule has 0 bridgehead atoms. The van der Waals surface area contributed by atoms with Crippen molar-refractivity contribution >= 4 is 29.2 Å². The Morgan fingerprint density at radius 2 is 1.83 bits per heavy atom. The molecule has 1 fully saturated rings. The van der Waals surface area contributed by atoms with Crippen LogP contribution in [0, 0.1) is 5.92 Å². The van der Waals surface area contributed by atoms with Crippen molar-refractivity contribution in [1.29, 1.82) is 0 Å². The maximum absolute atomic E-state index is 12.4. The van der Waals surface area contributed by atoms with Gasteiger partial charge in [-0.3, -0.25) is 0 Å². The maximum atomic E-state index is 12.4. The number of benzene rings is 1. The van der Waals surface area contributed by atoms with Gasteiger partial charge in [-0.15, -0.1) is 0 Å². The molecule has 128 valence electrons. The summed E-state index contributed by atoms with van der Waals surface area (Å²) in [5.74, 6) is -2.60. The van der Waals surface area contributed by atoms with Crippen molar-refractivity contribution in [3.63, 3.8) is 0 Å². The maximum Gasteiger partial charge on any atom is 0.491 e. The van der Waals surface area contributed by atoms with E-state index in [4.69, 9.17) is 28.9 Å². The van der Waals surface area contributed by atoms with Crippen LogP contribution in [0.3, 0.4) is 0 Å². The third-order valence-electron chi connectivity index (χ3n) is 3.74. The quantitative estimate of drug-likeness (QED) is 0.631. The highest BCUT2D eigenvalue weighted by Crippen LogP contribution is 2.38. The first kappa shape index (κ1) is 18.3. The predicted molar refractivity (Wildman–Crippen MR) is 80.7 cm³/mol. The molecular formula is C14H15Cl2F3N2O2. The number of alkyl halides is 3. The summed E-state index contributed by atoms with van der Waals surface area (Å²) in [6.45, 7) is 1.52. The summed E-state index contributed by atoms with van der Waals surface area (Å²) in [6, 6.07) is 1.84. The van der Waals surface area contributed by atoms with E-state index in [-0.39, 0.29) is 27.3 Å². The zero-order chi connectivity index (χ0) is 17.2. The summed E-state index contributed by atoms with van der Waals surface area (Å²) in [5.41, 5.74) is 6.41. The van der Waals surface area contributed by atoms with Gasteiger partial charge in [0.2, 0.25) is 0 Å². The molecular weight excluding hydrogens is 356 g/mol. The van der Waals surface area contributed by atoms with Crippen LogP contribution in [0.15, 0.2) is 12.1 Å². The van der Waals surface area contributed by atoms with E-state index >= 15 is 0 Å². The average molecular weight is 371 g/mol. The third-order valence-corrected chi connectivity index (χ3v) is 4.46. The lowest BCUT2D eigenvalue weighted by atomic mass is 9.86. The number of nitrogens with two attached hydrogens (primary N) is 1. The molecule has 1 aromatic rings. The van der Waals surface area contributed by atoms with E-state index < -0.39 is 18.2 Å². The first-order valence-corrected chi connectivity index (χ1v) is 7.70. The fourth-order valence-electron chi connectivity index (χ4n) is 2.51. The number of hydrogen-bond acceptors (Lipinski definition) is 4. The number of carbonyl (C=O) groups is 1. The summed E-state index contributed by atoms with van der Waals surface area (Å²) in [4.78, 5) is 11.1. The van der Waals surface area contributed by atoms with Gasteiger partial charge in [0.05, 0.1) is 10.0 Å². The molecule has 4 nitrogen and oxygen atoms in total. The van der Waals surface area contributed by atoms with Crippen LogP contribution in [0.1, 0.15) is 24.4 Å². The normalized spacial score (nSPS) is 17.8. The van der Waals surface area contributed by atoms with Gasteiger partial charge in [0, 0.05) is 17.7 Å². The zero-order valence-corrected chi connectivity index (χ0v) is 13.4. The fraction of sp³-hybridized carbons (Fsp3) is 0.500. The lowest BCUT2D eigenvalue weighted by Crippen LogP contribution is -2.34. The number of piperidine rings is 1. The van der Waals surface area contributed by atoms with Gasteiger partial charge in [-0.25, -0.2) is 4.79 Å². The number of esters is 1. The van der Waals surface area contributed by atoms with Gasteiger partial charge in [0.15, 0.2) is 0 Å². The summed E-state index contributed by atoms with van der Waals surface area (Å²) in [7, 11) is 0. The van der Waals surface area contributed by atoms with Crippen LogP contribution in [-0.4, -0.2) is 25.2 Å². The number of carbonyl (C=O) groups excluding carboxylic acids is 1. The molecule has 0 amide bonds. The Labute approximate surface area is 141 Å². The van der Waals surface area contributed by atoms with Crippen LogP contribution < -0.4 is 15.8 Å². The molecule has 1 saturated heterocycles. The molecule has 0 spiro atoms. The number of ether oxygens (including phenoxy) is 1. The van der Waals surface area contributed by atoms with Crippen LogP contribution >= 0.6 is 23.2 Å². The Bertz CT molecular complexity index is 590. The largest absolute Gasteiger partial charge is 0.491 e. The summed E-state index contributed by atoms with van der Waals surface area (Å²) < 4.78 is 41.7. The Morgan fingerprint density at radius 1 is 1.26 bits per heavy atom. The Hall–Kier alpha value is -1.02. The van der Waals surface area contributed by atoms with E-state index in [0.29, 0.717) is 0 Å². The van der Waals surface area contributed by atoms with E-state index in [2.05, 4.69) is 10.1 Å². The van der Waals surface area contributed by atoms with Gasteiger partial charge >= 0.3 is 12.1 Å². The average Bonchev–Trinajstić information content (AvgIpc) is 2.50. The first-order valence-electron chi connectivity index (χ1n) is 6.94. The molecule has 0 radical (unpaired) electrons. The van der Waals surface area contributed by atoms with Gasteiger partial charge in [0.25, 0.3) is 0 Å². The number of nitrogens with one attached hydrogen (secondary N) is 1. The first-order chi connectivity index (χ1) is 10.7. The van der Waals surface area contributed by atoms with E-state index in [9.17, 15) is 18.0 Å². The molecule has 23 heavy (non-hydrogen) atoms. The highest BCUT2D eigenvalue weighted by Gasteiger charge is 2.42. The fourth-order valence-corrected chi connectivity index (χ4v) is 2.83. The molecule has 0 saturated carbocycles. The topological polar surface area (TPSA) is 64.3 Å². The summed E-state index contributed by atoms with van der Waals surface area (Å²) in [5, 5.41) is 3.29. The molecule has 3 N–H and O–H groups in total. The Balaban J connectivity index is 2.33. The number of rotatable bonds is 3. The Kier molecular flexibility index (Phi) is 5.78. The van der Waals surface area contributed by atoms with Crippen LogP contribution in [0.25, 0.3) is 0 Å². The highest BCUT2D eigenvalue weighted by molar-refractivity contribution is 6.42. The smallest absolute Gasteiger partial charge is 0.419 e. The van der Waals surface area contributed by atoms with Gasteiger partial charge < -0.3 is 15.8 Å². The monoisotopic (exact) mass is 370 g/mol. The number of hydrogen-bond donors (Lipinski definition) is 2. The molecule has 2 rings (SSSR count). The second-order valence-corrected chi connectivity index (χ2v) is 6.12. The van der Waals surface area contributed by atoms with Crippen molar-refractivity contribution in [1.82, 2.24) is 5.32 Å². The van der Waals surface area contributed by atoms with Gasteiger partial charge in [-0.05, 0) is 37.9 Å². The lowest BCUT2D eigenvalue weighted by Gasteiger charge is -2.29. The molecule has 9 heteroatoms.